The Kier molecular flexibility index (Phi) is 6.38. The number of ether oxygens (including phenoxy) is 2. The minimum atomic E-state index is -3.20. The van der Waals surface area contributed by atoms with E-state index in [0.717, 1.165) is 31.2 Å². The molecule has 3 nitrogen and oxygen atoms in total. The van der Waals surface area contributed by atoms with Crippen LogP contribution in [0.4, 0.5) is 8.78 Å². The Bertz CT molecular complexity index is 613. The number of benzene rings is 1. The summed E-state index contributed by atoms with van der Waals surface area (Å²) < 4.78 is 39.6. The van der Waals surface area contributed by atoms with Gasteiger partial charge < -0.3 is 9.47 Å². The third kappa shape index (κ3) is 5.43. The second kappa shape index (κ2) is 8.57. The summed E-state index contributed by atoms with van der Waals surface area (Å²) in [4.78, 5) is 12.3. The van der Waals surface area contributed by atoms with Crippen LogP contribution in [-0.4, -0.2) is 18.2 Å². The van der Waals surface area contributed by atoms with E-state index >= 15 is 0 Å². The van der Waals surface area contributed by atoms with Gasteiger partial charge in [-0.2, -0.15) is 8.78 Å². The topological polar surface area (TPSA) is 35.5 Å². The zero-order valence-corrected chi connectivity index (χ0v) is 16.3. The normalized spacial score (nSPS) is 29.2. The van der Waals surface area contributed by atoms with Gasteiger partial charge in [0.25, 0.3) is 0 Å². The second-order valence-corrected chi connectivity index (χ2v) is 8.34. The van der Waals surface area contributed by atoms with Crippen molar-refractivity contribution in [1.82, 2.24) is 0 Å². The summed E-state index contributed by atoms with van der Waals surface area (Å²) in [5.41, 5.74) is 1.00. The van der Waals surface area contributed by atoms with Crippen molar-refractivity contribution in [1.29, 1.82) is 0 Å². The van der Waals surface area contributed by atoms with Crippen molar-refractivity contribution < 1.29 is 23.0 Å². The Morgan fingerprint density at radius 1 is 0.963 bits per heavy atom. The molecule has 0 saturated heterocycles. The highest BCUT2D eigenvalue weighted by Gasteiger charge is 2.44. The lowest BCUT2D eigenvalue weighted by molar-refractivity contribution is -0.225. The summed E-state index contributed by atoms with van der Waals surface area (Å²) in [6.45, 7) is 4.11. The van der Waals surface area contributed by atoms with Crippen LogP contribution >= 0.6 is 0 Å². The molecular weight excluding hydrogens is 350 g/mol. The van der Waals surface area contributed by atoms with Crippen LogP contribution in [0.5, 0.6) is 5.75 Å². The molecule has 0 N–H and O–H groups in total. The maximum Gasteiger partial charge on any atom is 0.400 e. The first-order chi connectivity index (χ1) is 12.8. The second-order valence-electron chi connectivity index (χ2n) is 8.34. The van der Waals surface area contributed by atoms with Gasteiger partial charge in [0.2, 0.25) is 0 Å². The van der Waals surface area contributed by atoms with E-state index in [1.54, 1.807) is 24.3 Å². The highest BCUT2D eigenvalue weighted by Crippen LogP contribution is 2.39. The quantitative estimate of drug-likeness (QED) is 0.597. The van der Waals surface area contributed by atoms with Gasteiger partial charge in [-0.05, 0) is 76.3 Å². The molecule has 2 aliphatic carbocycles. The number of alkyl halides is 2. The molecule has 2 fully saturated rings. The zero-order valence-electron chi connectivity index (χ0n) is 16.3. The van der Waals surface area contributed by atoms with Gasteiger partial charge in [-0.1, -0.05) is 24.6 Å². The van der Waals surface area contributed by atoms with Crippen molar-refractivity contribution in [3.63, 3.8) is 0 Å². The van der Waals surface area contributed by atoms with Gasteiger partial charge in [-0.3, -0.25) is 4.79 Å². The van der Waals surface area contributed by atoms with E-state index in [1.165, 1.54) is 0 Å². The molecule has 0 aromatic heterocycles. The predicted octanol–water partition coefficient (Wildman–Crippen LogP) is 5.89. The van der Waals surface area contributed by atoms with Gasteiger partial charge in [0.1, 0.15) is 11.9 Å². The first-order valence-corrected chi connectivity index (χ1v) is 10.2. The third-order valence-corrected chi connectivity index (χ3v) is 6.06. The minimum absolute atomic E-state index is 0.00904. The van der Waals surface area contributed by atoms with E-state index in [0.29, 0.717) is 31.6 Å². The van der Waals surface area contributed by atoms with E-state index in [-0.39, 0.29) is 23.7 Å². The summed E-state index contributed by atoms with van der Waals surface area (Å²) in [5.74, 6) is -0.117. The summed E-state index contributed by atoms with van der Waals surface area (Å²) in [7, 11) is 0. The van der Waals surface area contributed by atoms with Crippen LogP contribution in [0.15, 0.2) is 24.3 Å². The highest BCUT2D eigenvalue weighted by atomic mass is 19.3. The van der Waals surface area contributed by atoms with E-state index in [4.69, 9.17) is 9.47 Å². The van der Waals surface area contributed by atoms with E-state index in [1.807, 2.05) is 6.92 Å². The molecule has 27 heavy (non-hydrogen) atoms. The van der Waals surface area contributed by atoms with E-state index in [9.17, 15) is 13.6 Å². The average Bonchev–Trinajstić information content (AvgIpc) is 2.64. The molecule has 0 bridgehead atoms. The van der Waals surface area contributed by atoms with Crippen LogP contribution in [0.2, 0.25) is 0 Å². The van der Waals surface area contributed by atoms with E-state index in [2.05, 4.69) is 6.92 Å². The lowest BCUT2D eigenvalue weighted by Crippen LogP contribution is -2.39. The van der Waals surface area contributed by atoms with Crippen molar-refractivity contribution in [2.75, 3.05) is 0 Å². The van der Waals surface area contributed by atoms with Gasteiger partial charge in [0, 0.05) is 0 Å². The smallest absolute Gasteiger partial charge is 0.400 e. The number of aryl methyl sites for hydroxylation is 1. The molecule has 1 aromatic rings. The number of hydrogen-bond donors (Lipinski definition) is 0. The van der Waals surface area contributed by atoms with E-state index < -0.39 is 12.0 Å². The Labute approximate surface area is 160 Å². The summed E-state index contributed by atoms with van der Waals surface area (Å²) in [5, 5.41) is 0. The van der Waals surface area contributed by atoms with Crippen LogP contribution in [-0.2, 0) is 9.53 Å². The molecule has 3 rings (SSSR count). The van der Waals surface area contributed by atoms with Gasteiger partial charge in [-0.15, -0.1) is 0 Å². The van der Waals surface area contributed by atoms with Crippen molar-refractivity contribution in [3.8, 4) is 5.75 Å². The highest BCUT2D eigenvalue weighted by molar-refractivity contribution is 5.72. The van der Waals surface area contributed by atoms with Crippen LogP contribution in [0.25, 0.3) is 0 Å². The first-order valence-electron chi connectivity index (χ1n) is 10.2. The molecule has 5 heteroatoms. The Morgan fingerprint density at radius 2 is 1.56 bits per heavy atom. The standard InChI is InChI=1S/C22H30F2O3/c1-15-3-7-17(8-4-15)21(25)26-19-13-9-18(10-14-19)22(23,24)27-20-11-5-16(2)6-12-20/h5-6,11-12,15,17-19H,3-4,7-10,13-14H2,1-2H3. The molecule has 0 aliphatic heterocycles. The molecule has 2 saturated carbocycles. The lowest BCUT2D eigenvalue weighted by atomic mass is 9.83. The molecule has 0 radical (unpaired) electrons. The van der Waals surface area contributed by atoms with Crippen molar-refractivity contribution in [2.24, 2.45) is 17.8 Å². The monoisotopic (exact) mass is 380 g/mol. The molecule has 1 aromatic carbocycles. The Balaban J connectivity index is 1.46. The number of carbonyl (C=O) groups is 1. The van der Waals surface area contributed by atoms with Crippen LogP contribution in [0.1, 0.15) is 63.9 Å². The fraction of sp³-hybridized carbons (Fsp3) is 0.682. The number of hydrogen-bond acceptors (Lipinski definition) is 3. The van der Waals surface area contributed by atoms with Gasteiger partial charge >= 0.3 is 12.1 Å². The fourth-order valence-electron chi connectivity index (χ4n) is 4.12. The molecule has 0 unspecified atom stereocenters. The molecule has 0 atom stereocenters. The number of carbonyl (C=O) groups excluding carboxylic acids is 1. The molecule has 0 heterocycles. The van der Waals surface area contributed by atoms with Crippen LogP contribution < -0.4 is 4.74 Å². The van der Waals surface area contributed by atoms with Gasteiger partial charge in [0.15, 0.2) is 0 Å². The number of halogens is 2. The average molecular weight is 380 g/mol. The Hall–Kier alpha value is -1.65. The number of rotatable bonds is 5. The SMILES string of the molecule is Cc1ccc(OC(F)(F)C2CCC(OC(=O)C3CCC(C)CC3)CC2)cc1. The minimum Gasteiger partial charge on any atom is -0.462 e. The lowest BCUT2D eigenvalue weighted by Gasteiger charge is -2.34. The third-order valence-electron chi connectivity index (χ3n) is 6.06. The summed E-state index contributed by atoms with van der Waals surface area (Å²) in [6.07, 6.45) is 2.03. The fourth-order valence-corrected chi connectivity index (χ4v) is 4.12. The molecule has 0 amide bonds. The maximum atomic E-state index is 14.5. The van der Waals surface area contributed by atoms with Gasteiger partial charge in [0.05, 0.1) is 11.8 Å². The van der Waals surface area contributed by atoms with Gasteiger partial charge in [-0.25, -0.2) is 0 Å². The molecule has 2 aliphatic rings. The summed E-state index contributed by atoms with van der Waals surface area (Å²) in [6, 6.07) is 6.66. The molecule has 150 valence electrons. The first kappa shape index (κ1) is 20.1. The maximum absolute atomic E-state index is 14.5. The van der Waals surface area contributed by atoms with Crippen molar-refractivity contribution in [3.05, 3.63) is 29.8 Å². The number of esters is 1. The largest absolute Gasteiger partial charge is 0.462 e. The zero-order chi connectivity index (χ0) is 19.4. The van der Waals surface area contributed by atoms with Crippen LogP contribution in [0.3, 0.4) is 0 Å². The molecular formula is C22H30F2O3. The van der Waals surface area contributed by atoms with Crippen LogP contribution in [0, 0.1) is 24.7 Å². The Morgan fingerprint density at radius 3 is 2.15 bits per heavy atom. The molecule has 0 spiro atoms. The van der Waals surface area contributed by atoms with Crippen molar-refractivity contribution >= 4 is 5.97 Å². The summed E-state index contributed by atoms with van der Waals surface area (Å²) >= 11 is 0. The van der Waals surface area contributed by atoms with Crippen molar-refractivity contribution in [2.45, 2.75) is 77.4 Å². The predicted molar refractivity (Wildman–Crippen MR) is 99.7 cm³/mol.